The topological polar surface area (TPSA) is 96.0 Å². The van der Waals surface area contributed by atoms with Crippen molar-refractivity contribution in [2.24, 2.45) is 0 Å². The molecule has 0 spiro atoms. The van der Waals surface area contributed by atoms with Crippen molar-refractivity contribution >= 4 is 46.6 Å². The van der Waals surface area contributed by atoms with Crippen LogP contribution in [0, 0.1) is 21.4 Å². The Morgan fingerprint density at radius 1 is 1.17 bits per heavy atom. The van der Waals surface area contributed by atoms with Gasteiger partial charge in [0.05, 0.1) is 15.0 Å². The molecule has 24 heavy (non-hydrogen) atoms. The summed E-state index contributed by atoms with van der Waals surface area (Å²) < 4.78 is 0. The Morgan fingerprint density at radius 2 is 1.83 bits per heavy atom. The number of rotatable bonds is 4. The van der Waals surface area contributed by atoms with Crippen LogP contribution in [0.25, 0.3) is 6.08 Å². The molecule has 2 rings (SSSR count). The molecule has 120 valence electrons. The number of amides is 1. The van der Waals surface area contributed by atoms with Crippen molar-refractivity contribution in [1.29, 1.82) is 5.26 Å². The van der Waals surface area contributed by atoms with Crippen LogP contribution in [0.2, 0.25) is 10.0 Å². The maximum atomic E-state index is 12.1. The van der Waals surface area contributed by atoms with Gasteiger partial charge in [-0.1, -0.05) is 23.2 Å². The highest BCUT2D eigenvalue weighted by molar-refractivity contribution is 6.42. The largest absolute Gasteiger partial charge is 0.321 e. The van der Waals surface area contributed by atoms with E-state index in [4.69, 9.17) is 28.5 Å². The molecule has 1 N–H and O–H groups in total. The van der Waals surface area contributed by atoms with Crippen molar-refractivity contribution in [3.63, 3.8) is 0 Å². The molecule has 6 nitrogen and oxygen atoms in total. The molecule has 0 aliphatic heterocycles. The van der Waals surface area contributed by atoms with Crippen LogP contribution in [0.1, 0.15) is 5.56 Å². The van der Waals surface area contributed by atoms with Crippen molar-refractivity contribution in [3.05, 3.63) is 73.8 Å². The molecule has 0 fully saturated rings. The Hall–Kier alpha value is -2.88. The smallest absolute Gasteiger partial charge is 0.269 e. The summed E-state index contributed by atoms with van der Waals surface area (Å²) in [4.78, 5) is 22.2. The number of nitro groups is 1. The number of hydrogen-bond donors (Lipinski definition) is 1. The first-order chi connectivity index (χ1) is 11.4. The van der Waals surface area contributed by atoms with E-state index in [0.29, 0.717) is 16.3 Å². The maximum Gasteiger partial charge on any atom is 0.269 e. The normalized spacial score (nSPS) is 10.8. The minimum atomic E-state index is -0.630. The Morgan fingerprint density at radius 3 is 2.38 bits per heavy atom. The number of carbonyl (C=O) groups excluding carboxylic acids is 1. The number of nitriles is 1. The lowest BCUT2D eigenvalue weighted by atomic mass is 10.1. The zero-order valence-electron chi connectivity index (χ0n) is 12.0. The molecule has 0 saturated heterocycles. The second kappa shape index (κ2) is 7.59. The van der Waals surface area contributed by atoms with E-state index in [0.717, 1.165) is 0 Å². The molecular weight excluding hydrogens is 353 g/mol. The molecule has 2 aromatic carbocycles. The Kier molecular flexibility index (Phi) is 5.53. The van der Waals surface area contributed by atoms with Gasteiger partial charge in [-0.15, -0.1) is 0 Å². The highest BCUT2D eigenvalue weighted by Crippen LogP contribution is 2.25. The van der Waals surface area contributed by atoms with Gasteiger partial charge < -0.3 is 5.32 Å². The molecular formula is C16H9Cl2N3O3. The zero-order valence-corrected chi connectivity index (χ0v) is 13.5. The van der Waals surface area contributed by atoms with E-state index in [9.17, 15) is 14.9 Å². The summed E-state index contributed by atoms with van der Waals surface area (Å²) >= 11 is 11.7. The monoisotopic (exact) mass is 361 g/mol. The second-order valence-corrected chi connectivity index (χ2v) is 5.42. The number of halogens is 2. The van der Waals surface area contributed by atoms with Crippen LogP contribution in [-0.4, -0.2) is 10.8 Å². The fourth-order valence-corrected chi connectivity index (χ4v) is 2.08. The SMILES string of the molecule is N#C/C(=C/c1ccc([N+](=O)[O-])cc1)C(=O)Nc1ccc(Cl)c(Cl)c1. The van der Waals surface area contributed by atoms with Gasteiger partial charge in [0, 0.05) is 17.8 Å². The second-order valence-electron chi connectivity index (χ2n) is 4.60. The van der Waals surface area contributed by atoms with Crippen LogP contribution < -0.4 is 5.32 Å². The number of carbonyl (C=O) groups is 1. The number of nitro benzene ring substituents is 1. The Labute approximate surface area is 147 Å². The first-order valence-electron chi connectivity index (χ1n) is 6.53. The third-order valence-corrected chi connectivity index (χ3v) is 3.70. The molecule has 0 radical (unpaired) electrons. The molecule has 0 aromatic heterocycles. The van der Waals surface area contributed by atoms with E-state index < -0.39 is 10.8 Å². The number of nitrogens with zero attached hydrogens (tertiary/aromatic N) is 2. The van der Waals surface area contributed by atoms with Crippen LogP contribution >= 0.6 is 23.2 Å². The van der Waals surface area contributed by atoms with Crippen molar-refractivity contribution in [2.45, 2.75) is 0 Å². The van der Waals surface area contributed by atoms with Gasteiger partial charge in [-0.05, 0) is 42.0 Å². The lowest BCUT2D eigenvalue weighted by Gasteiger charge is -2.05. The fourth-order valence-electron chi connectivity index (χ4n) is 1.78. The summed E-state index contributed by atoms with van der Waals surface area (Å²) in [5, 5.41) is 22.9. The van der Waals surface area contributed by atoms with E-state index in [1.165, 1.54) is 42.5 Å². The van der Waals surface area contributed by atoms with Gasteiger partial charge in [0.15, 0.2) is 0 Å². The van der Waals surface area contributed by atoms with Gasteiger partial charge in [0.2, 0.25) is 0 Å². The lowest BCUT2D eigenvalue weighted by molar-refractivity contribution is -0.384. The number of nitrogens with one attached hydrogen (secondary N) is 1. The van der Waals surface area contributed by atoms with Crippen molar-refractivity contribution in [2.75, 3.05) is 5.32 Å². The third kappa shape index (κ3) is 4.32. The van der Waals surface area contributed by atoms with E-state index >= 15 is 0 Å². The molecule has 0 aliphatic rings. The average molecular weight is 362 g/mol. The first-order valence-corrected chi connectivity index (χ1v) is 7.29. The fraction of sp³-hybridized carbons (Fsp3) is 0. The standard InChI is InChI=1S/C16H9Cl2N3O3/c17-14-6-3-12(8-15(14)18)20-16(22)11(9-19)7-10-1-4-13(5-2-10)21(23)24/h1-8H,(H,20,22)/b11-7-. The summed E-state index contributed by atoms with van der Waals surface area (Å²) in [6, 6.07) is 11.8. The predicted molar refractivity (Wildman–Crippen MR) is 91.8 cm³/mol. The number of non-ortho nitro benzene ring substituents is 1. The third-order valence-electron chi connectivity index (χ3n) is 2.96. The summed E-state index contributed by atoms with van der Waals surface area (Å²) in [5.74, 6) is -0.630. The summed E-state index contributed by atoms with van der Waals surface area (Å²) in [6.07, 6.45) is 1.33. The Bertz CT molecular complexity index is 871. The van der Waals surface area contributed by atoms with Gasteiger partial charge in [-0.25, -0.2) is 0 Å². The molecule has 0 aliphatic carbocycles. The zero-order chi connectivity index (χ0) is 17.7. The van der Waals surface area contributed by atoms with Gasteiger partial charge >= 0.3 is 0 Å². The summed E-state index contributed by atoms with van der Waals surface area (Å²) in [7, 11) is 0. The van der Waals surface area contributed by atoms with Gasteiger partial charge in [0.25, 0.3) is 11.6 Å². The molecule has 1 amide bonds. The van der Waals surface area contributed by atoms with Gasteiger partial charge in [-0.2, -0.15) is 5.26 Å². The molecule has 8 heteroatoms. The van der Waals surface area contributed by atoms with Crippen LogP contribution in [0.5, 0.6) is 0 Å². The molecule has 0 bridgehead atoms. The molecule has 2 aromatic rings. The van der Waals surface area contributed by atoms with E-state index in [1.807, 2.05) is 0 Å². The lowest BCUT2D eigenvalue weighted by Crippen LogP contribution is -2.13. The summed E-state index contributed by atoms with van der Waals surface area (Å²) in [5.41, 5.74) is 0.640. The van der Waals surface area contributed by atoms with Crippen molar-refractivity contribution in [3.8, 4) is 6.07 Å². The number of benzene rings is 2. The summed E-state index contributed by atoms with van der Waals surface area (Å²) in [6.45, 7) is 0. The van der Waals surface area contributed by atoms with Gasteiger partial charge in [-0.3, -0.25) is 14.9 Å². The molecule has 0 heterocycles. The van der Waals surface area contributed by atoms with E-state index in [1.54, 1.807) is 12.1 Å². The van der Waals surface area contributed by atoms with Crippen molar-refractivity contribution in [1.82, 2.24) is 0 Å². The van der Waals surface area contributed by atoms with E-state index in [-0.39, 0.29) is 16.3 Å². The first kappa shape index (κ1) is 17.5. The van der Waals surface area contributed by atoms with Gasteiger partial charge in [0.1, 0.15) is 11.6 Å². The minimum Gasteiger partial charge on any atom is -0.321 e. The van der Waals surface area contributed by atoms with Crippen LogP contribution in [0.15, 0.2) is 48.0 Å². The van der Waals surface area contributed by atoms with Crippen LogP contribution in [-0.2, 0) is 4.79 Å². The number of anilines is 1. The molecule has 0 saturated carbocycles. The highest BCUT2D eigenvalue weighted by atomic mass is 35.5. The maximum absolute atomic E-state index is 12.1. The molecule has 0 atom stereocenters. The highest BCUT2D eigenvalue weighted by Gasteiger charge is 2.11. The number of hydrogen-bond acceptors (Lipinski definition) is 4. The molecule has 0 unspecified atom stereocenters. The van der Waals surface area contributed by atoms with Crippen molar-refractivity contribution < 1.29 is 9.72 Å². The van der Waals surface area contributed by atoms with Crippen LogP contribution in [0.3, 0.4) is 0 Å². The predicted octanol–water partition coefficient (Wildman–Crippen LogP) is 4.45. The Balaban J connectivity index is 2.20. The van der Waals surface area contributed by atoms with E-state index in [2.05, 4.69) is 5.32 Å². The quantitative estimate of drug-likeness (QED) is 0.376. The average Bonchev–Trinajstić information content (AvgIpc) is 2.56. The minimum absolute atomic E-state index is 0.0779. The van der Waals surface area contributed by atoms with Crippen LogP contribution in [0.4, 0.5) is 11.4 Å².